The summed E-state index contributed by atoms with van der Waals surface area (Å²) in [5.41, 5.74) is 0. The van der Waals surface area contributed by atoms with Crippen LogP contribution in [0.25, 0.3) is 0 Å². The van der Waals surface area contributed by atoms with Crippen LogP contribution in [0.15, 0.2) is 72.9 Å². The smallest absolute Gasteiger partial charge is 0.331 e. The second kappa shape index (κ2) is 18.8. The lowest BCUT2D eigenvalue weighted by Crippen LogP contribution is -2.59. The zero-order chi connectivity index (χ0) is 29.3. The largest absolute Gasteiger partial charge is 0.460 e. The highest BCUT2D eigenvalue weighted by Gasteiger charge is 2.44. The van der Waals surface area contributed by atoms with Crippen LogP contribution in [0.4, 0.5) is 0 Å². The zero-order valence-electron chi connectivity index (χ0n) is 22.9. The summed E-state index contributed by atoms with van der Waals surface area (Å²) in [6.07, 6.45) is 13.9. The van der Waals surface area contributed by atoms with Crippen molar-refractivity contribution in [3.05, 3.63) is 72.9 Å². The maximum Gasteiger partial charge on any atom is 0.331 e. The van der Waals surface area contributed by atoms with E-state index in [0.29, 0.717) is 19.3 Å². The molecule has 0 saturated carbocycles. The molecule has 10 heteroatoms. The van der Waals surface area contributed by atoms with Crippen LogP contribution in [-0.4, -0.2) is 98.3 Å². The van der Waals surface area contributed by atoms with Gasteiger partial charge < -0.3 is 44.8 Å². The van der Waals surface area contributed by atoms with Crippen LogP contribution in [0.5, 0.6) is 0 Å². The molecule has 0 radical (unpaired) electrons. The standard InChI is InChI=1S/C30H44O10/c1-21-13-7-3-2-4-8-14-22(32)19-23(33)15-9-5-10-16-24(17-11-6-12-18-26(34)38-21)39-30-29(37)28(36)27(35)25(20-31)40-30/h2,4-6,8-12,14,16,18,21-25,27-33,35-37H,3,7,13,15,17,19-20H2,1H3/b4-2-,9-5+,11-6+,14-8+,16-10+,18-12-/t21-,22+,23+,24-,25-,27-,28+,29-,30-/m1/s1. The van der Waals surface area contributed by atoms with Crippen molar-refractivity contribution in [2.75, 3.05) is 6.61 Å². The van der Waals surface area contributed by atoms with E-state index in [9.17, 15) is 35.4 Å². The highest BCUT2D eigenvalue weighted by molar-refractivity contribution is 5.82. The Balaban J connectivity index is 2.12. The van der Waals surface area contributed by atoms with E-state index in [1.165, 1.54) is 6.08 Å². The Hall–Kier alpha value is -2.41. The fraction of sp³-hybridized carbons (Fsp3) is 0.567. The molecule has 1 fully saturated rings. The molecule has 6 N–H and O–H groups in total. The van der Waals surface area contributed by atoms with E-state index in [0.717, 1.165) is 12.8 Å². The Labute approximate surface area is 235 Å². The summed E-state index contributed by atoms with van der Waals surface area (Å²) in [7, 11) is 0. The van der Waals surface area contributed by atoms with Crippen LogP contribution >= 0.6 is 0 Å². The molecule has 9 atom stereocenters. The third-order valence-electron chi connectivity index (χ3n) is 6.38. The first-order valence-electron chi connectivity index (χ1n) is 13.7. The van der Waals surface area contributed by atoms with Gasteiger partial charge in [-0.15, -0.1) is 0 Å². The number of rotatable bonds is 3. The Bertz CT molecular complexity index is 906. The summed E-state index contributed by atoms with van der Waals surface area (Å²) in [5, 5.41) is 60.2. The summed E-state index contributed by atoms with van der Waals surface area (Å²) in [6, 6.07) is 0. The maximum absolute atomic E-state index is 12.1. The molecule has 1 saturated heterocycles. The van der Waals surface area contributed by atoms with Gasteiger partial charge in [-0.2, -0.15) is 0 Å². The molecule has 2 aliphatic heterocycles. The molecule has 0 aromatic heterocycles. The van der Waals surface area contributed by atoms with Gasteiger partial charge in [0, 0.05) is 12.5 Å². The fourth-order valence-corrected chi connectivity index (χ4v) is 4.10. The fourth-order valence-electron chi connectivity index (χ4n) is 4.10. The molecule has 2 rings (SSSR count). The lowest BCUT2D eigenvalue weighted by molar-refractivity contribution is -0.307. The van der Waals surface area contributed by atoms with Gasteiger partial charge in [-0.25, -0.2) is 4.79 Å². The Morgan fingerprint density at radius 2 is 1.57 bits per heavy atom. The molecule has 40 heavy (non-hydrogen) atoms. The normalized spacial score (nSPS) is 40.6. The van der Waals surface area contributed by atoms with E-state index in [-0.39, 0.29) is 12.5 Å². The molecule has 2 heterocycles. The molecular weight excluding hydrogens is 520 g/mol. The number of carbonyl (C=O) groups excluding carboxylic acids is 1. The van der Waals surface area contributed by atoms with Gasteiger partial charge in [-0.05, 0) is 39.0 Å². The molecule has 0 bridgehead atoms. The topological polar surface area (TPSA) is 166 Å². The molecule has 0 aromatic carbocycles. The van der Waals surface area contributed by atoms with E-state index in [4.69, 9.17) is 14.2 Å². The molecule has 0 aliphatic carbocycles. The minimum atomic E-state index is -1.57. The quantitative estimate of drug-likeness (QED) is 0.277. The third-order valence-corrected chi connectivity index (χ3v) is 6.38. The molecular formula is C30H44O10. The van der Waals surface area contributed by atoms with Gasteiger partial charge in [0.1, 0.15) is 24.4 Å². The summed E-state index contributed by atoms with van der Waals surface area (Å²) in [4.78, 5) is 12.1. The van der Waals surface area contributed by atoms with Crippen molar-refractivity contribution in [2.45, 2.75) is 101 Å². The van der Waals surface area contributed by atoms with Crippen molar-refractivity contribution < 1.29 is 49.6 Å². The molecule has 0 spiro atoms. The Kier molecular flexibility index (Phi) is 15.9. The first kappa shape index (κ1) is 33.8. The Morgan fingerprint density at radius 3 is 2.35 bits per heavy atom. The van der Waals surface area contributed by atoms with E-state index in [1.54, 1.807) is 54.7 Å². The van der Waals surface area contributed by atoms with Gasteiger partial charge in [0.15, 0.2) is 6.29 Å². The predicted octanol–water partition coefficient (Wildman–Crippen LogP) is 1.52. The van der Waals surface area contributed by atoms with Gasteiger partial charge in [-0.3, -0.25) is 0 Å². The maximum atomic E-state index is 12.1. The number of aliphatic hydroxyl groups excluding tert-OH is 6. The lowest BCUT2D eigenvalue weighted by Gasteiger charge is -2.40. The van der Waals surface area contributed by atoms with Crippen molar-refractivity contribution in [2.24, 2.45) is 0 Å². The SMILES string of the molecule is C[C@@H]1CCC/C=C\C=C\[C@H](O)C[C@@H](O)C/C=C/C=C/[C@@H](O[C@@H]2O[C@H](CO)[C@@H](O)[C@H](O)[C@H]2O)C/C=C/C=C\C(=O)O1. The molecule has 0 unspecified atom stereocenters. The molecule has 10 nitrogen and oxygen atoms in total. The van der Waals surface area contributed by atoms with Gasteiger partial charge in [0.2, 0.25) is 0 Å². The average Bonchev–Trinajstić information content (AvgIpc) is 2.91. The van der Waals surface area contributed by atoms with Crippen molar-refractivity contribution in [1.82, 2.24) is 0 Å². The molecule has 0 aromatic rings. The highest BCUT2D eigenvalue weighted by atomic mass is 16.7. The second-order valence-corrected chi connectivity index (χ2v) is 9.89. The van der Waals surface area contributed by atoms with Crippen LogP contribution in [-0.2, 0) is 19.0 Å². The molecule has 0 amide bonds. The summed E-state index contributed by atoms with van der Waals surface area (Å²) < 4.78 is 16.7. The minimum Gasteiger partial charge on any atom is -0.460 e. The van der Waals surface area contributed by atoms with Crippen LogP contribution in [0.2, 0.25) is 0 Å². The predicted molar refractivity (Wildman–Crippen MR) is 149 cm³/mol. The van der Waals surface area contributed by atoms with Crippen molar-refractivity contribution in [3.8, 4) is 0 Å². The van der Waals surface area contributed by atoms with E-state index >= 15 is 0 Å². The van der Waals surface area contributed by atoms with Crippen LogP contribution in [0, 0.1) is 0 Å². The minimum absolute atomic E-state index is 0.183. The average molecular weight is 565 g/mol. The Morgan fingerprint density at radius 1 is 0.875 bits per heavy atom. The number of esters is 1. The number of carbonyl (C=O) groups is 1. The molecule has 224 valence electrons. The first-order chi connectivity index (χ1) is 19.2. The zero-order valence-corrected chi connectivity index (χ0v) is 22.9. The number of hydrogen-bond acceptors (Lipinski definition) is 10. The van der Waals surface area contributed by atoms with Crippen molar-refractivity contribution >= 4 is 5.97 Å². The number of cyclic esters (lactones) is 1. The monoisotopic (exact) mass is 564 g/mol. The number of allylic oxidation sites excluding steroid dienone is 7. The lowest BCUT2D eigenvalue weighted by atomic mass is 9.99. The van der Waals surface area contributed by atoms with E-state index in [2.05, 4.69) is 0 Å². The highest BCUT2D eigenvalue weighted by Crippen LogP contribution is 2.24. The van der Waals surface area contributed by atoms with E-state index < -0.39 is 61.6 Å². The van der Waals surface area contributed by atoms with Crippen LogP contribution < -0.4 is 0 Å². The van der Waals surface area contributed by atoms with Crippen LogP contribution in [0.1, 0.15) is 45.4 Å². The van der Waals surface area contributed by atoms with Crippen molar-refractivity contribution in [1.29, 1.82) is 0 Å². The number of hydrogen-bond donors (Lipinski definition) is 6. The number of aliphatic hydroxyl groups is 6. The van der Waals surface area contributed by atoms with E-state index in [1.807, 2.05) is 19.1 Å². The summed E-state index contributed by atoms with van der Waals surface area (Å²) in [5.74, 6) is -0.458. The third kappa shape index (κ3) is 12.8. The van der Waals surface area contributed by atoms with Gasteiger partial charge in [0.05, 0.1) is 31.0 Å². The van der Waals surface area contributed by atoms with Gasteiger partial charge in [0.25, 0.3) is 0 Å². The second-order valence-electron chi connectivity index (χ2n) is 9.89. The van der Waals surface area contributed by atoms with Crippen molar-refractivity contribution in [3.63, 3.8) is 0 Å². The molecule has 2 aliphatic rings. The van der Waals surface area contributed by atoms with Gasteiger partial charge in [-0.1, -0.05) is 66.8 Å². The summed E-state index contributed by atoms with van der Waals surface area (Å²) in [6.45, 7) is 1.26. The summed E-state index contributed by atoms with van der Waals surface area (Å²) >= 11 is 0. The first-order valence-corrected chi connectivity index (χ1v) is 13.7. The number of ether oxygens (including phenoxy) is 3. The van der Waals surface area contributed by atoms with Gasteiger partial charge >= 0.3 is 5.97 Å². The van der Waals surface area contributed by atoms with Crippen LogP contribution in [0.3, 0.4) is 0 Å².